The van der Waals surface area contributed by atoms with Gasteiger partial charge in [0.25, 0.3) is 5.56 Å². The molecule has 0 bridgehead atoms. The Hall–Kier alpha value is -3.93. The van der Waals surface area contributed by atoms with E-state index in [0.717, 1.165) is 45.8 Å². The van der Waals surface area contributed by atoms with Gasteiger partial charge in [-0.1, -0.05) is 37.3 Å². The Morgan fingerprint density at radius 1 is 1.00 bits per heavy atom. The third-order valence-corrected chi connectivity index (χ3v) is 5.33. The maximum Gasteiger partial charge on any atom is 0.266 e. The van der Waals surface area contributed by atoms with Gasteiger partial charge in [-0.3, -0.25) is 9.36 Å². The first-order valence-electron chi connectivity index (χ1n) is 9.83. The number of rotatable bonds is 4. The fourth-order valence-electron chi connectivity index (χ4n) is 3.81. The maximum absolute atomic E-state index is 13.1. The van der Waals surface area contributed by atoms with E-state index in [1.54, 1.807) is 28.6 Å². The van der Waals surface area contributed by atoms with Crippen molar-refractivity contribution in [2.45, 2.75) is 13.3 Å². The van der Waals surface area contributed by atoms with Crippen LogP contribution in [0.2, 0.25) is 0 Å². The quantitative estimate of drug-likeness (QED) is 0.455. The van der Waals surface area contributed by atoms with Crippen molar-refractivity contribution < 1.29 is 4.74 Å². The predicted molar refractivity (Wildman–Crippen MR) is 117 cm³/mol. The number of ether oxygens (including phenoxy) is 1. The van der Waals surface area contributed by atoms with Gasteiger partial charge in [0.05, 0.1) is 23.7 Å². The van der Waals surface area contributed by atoms with Crippen LogP contribution in [0, 0.1) is 0 Å². The lowest BCUT2D eigenvalue weighted by molar-refractivity contribution is 0.415. The van der Waals surface area contributed by atoms with E-state index in [1.807, 2.05) is 60.7 Å². The van der Waals surface area contributed by atoms with E-state index in [9.17, 15) is 4.79 Å². The molecule has 5 rings (SSSR count). The first-order chi connectivity index (χ1) is 14.7. The van der Waals surface area contributed by atoms with E-state index < -0.39 is 0 Å². The molecule has 0 saturated heterocycles. The topological polar surface area (TPSA) is 61.4 Å². The minimum Gasteiger partial charge on any atom is -0.497 e. The van der Waals surface area contributed by atoms with Gasteiger partial charge in [-0.15, -0.1) is 0 Å². The summed E-state index contributed by atoms with van der Waals surface area (Å²) in [6, 6.07) is 19.4. The smallest absolute Gasteiger partial charge is 0.266 e. The zero-order valence-electron chi connectivity index (χ0n) is 16.7. The summed E-state index contributed by atoms with van der Waals surface area (Å²) in [7, 11) is 1.65. The Labute approximate surface area is 173 Å². The zero-order chi connectivity index (χ0) is 20.7. The molecule has 148 valence electrons. The molecule has 0 atom stereocenters. The average Bonchev–Trinajstić information content (AvgIpc) is 3.19. The second-order valence-electron chi connectivity index (χ2n) is 7.02. The minimum absolute atomic E-state index is 0.118. The van der Waals surface area contributed by atoms with Crippen molar-refractivity contribution >= 4 is 16.6 Å². The molecule has 0 aliphatic carbocycles. The van der Waals surface area contributed by atoms with E-state index in [0.29, 0.717) is 5.39 Å². The summed E-state index contributed by atoms with van der Waals surface area (Å²) in [6.07, 6.45) is 4.20. The molecule has 0 N–H and O–H groups in total. The van der Waals surface area contributed by atoms with E-state index in [-0.39, 0.29) is 5.56 Å². The third kappa shape index (κ3) is 2.76. The summed E-state index contributed by atoms with van der Waals surface area (Å²) >= 11 is 0. The predicted octanol–water partition coefficient (Wildman–Crippen LogP) is 4.27. The fraction of sp³-hybridized carbons (Fsp3) is 0.125. The molecule has 0 saturated carbocycles. The van der Waals surface area contributed by atoms with Gasteiger partial charge < -0.3 is 4.74 Å². The highest BCUT2D eigenvalue weighted by Crippen LogP contribution is 2.30. The monoisotopic (exact) mass is 396 g/mol. The average molecular weight is 396 g/mol. The number of nitrogens with zero attached hydrogens (tertiary/aromatic N) is 4. The summed E-state index contributed by atoms with van der Waals surface area (Å²) in [6.45, 7) is 2.07. The Morgan fingerprint density at radius 3 is 2.47 bits per heavy atom. The van der Waals surface area contributed by atoms with Crippen LogP contribution >= 0.6 is 0 Å². The number of aromatic nitrogens is 4. The lowest BCUT2D eigenvalue weighted by atomic mass is 10.0. The largest absolute Gasteiger partial charge is 0.497 e. The van der Waals surface area contributed by atoms with Crippen LogP contribution in [0.15, 0.2) is 77.9 Å². The first kappa shape index (κ1) is 18.1. The summed E-state index contributed by atoms with van der Waals surface area (Å²) in [4.78, 5) is 17.8. The molecule has 0 radical (unpaired) electrons. The van der Waals surface area contributed by atoms with Crippen molar-refractivity contribution in [1.29, 1.82) is 0 Å². The fourth-order valence-corrected chi connectivity index (χ4v) is 3.81. The summed E-state index contributed by atoms with van der Waals surface area (Å²) < 4.78 is 8.69. The Balaban J connectivity index is 1.76. The maximum atomic E-state index is 13.1. The molecular formula is C24H20N4O2. The molecular weight excluding hydrogens is 376 g/mol. The molecule has 0 aliphatic rings. The van der Waals surface area contributed by atoms with Crippen LogP contribution in [0.25, 0.3) is 33.4 Å². The molecule has 2 aromatic carbocycles. The van der Waals surface area contributed by atoms with Gasteiger partial charge in [-0.05, 0) is 42.3 Å². The number of benzene rings is 2. The Bertz CT molecular complexity index is 1420. The van der Waals surface area contributed by atoms with E-state index in [1.165, 1.54) is 0 Å². The molecule has 0 fully saturated rings. The normalized spacial score (nSPS) is 11.3. The lowest BCUT2D eigenvalue weighted by Gasteiger charge is -2.08. The van der Waals surface area contributed by atoms with Gasteiger partial charge >= 0.3 is 0 Å². The van der Waals surface area contributed by atoms with Gasteiger partial charge in [0, 0.05) is 23.6 Å². The highest BCUT2D eigenvalue weighted by Gasteiger charge is 2.18. The van der Waals surface area contributed by atoms with Crippen LogP contribution in [0.1, 0.15) is 12.6 Å². The van der Waals surface area contributed by atoms with Crippen LogP contribution in [-0.2, 0) is 6.42 Å². The summed E-state index contributed by atoms with van der Waals surface area (Å²) in [5, 5.41) is 5.32. The van der Waals surface area contributed by atoms with Crippen molar-refractivity contribution in [3.8, 4) is 22.6 Å². The molecule has 0 amide bonds. The minimum atomic E-state index is -0.118. The molecule has 0 aliphatic heterocycles. The van der Waals surface area contributed by atoms with Gasteiger partial charge in [0.15, 0.2) is 5.65 Å². The van der Waals surface area contributed by atoms with Gasteiger partial charge in [0.1, 0.15) is 5.75 Å². The lowest BCUT2D eigenvalue weighted by Crippen LogP contribution is -2.18. The number of para-hydroxylation sites is 1. The molecule has 6 heteroatoms. The van der Waals surface area contributed by atoms with E-state index >= 15 is 0 Å². The van der Waals surface area contributed by atoms with Gasteiger partial charge in [-0.2, -0.15) is 5.10 Å². The Kier molecular flexibility index (Phi) is 4.32. The van der Waals surface area contributed by atoms with E-state index in [2.05, 4.69) is 11.9 Å². The molecule has 5 aromatic rings. The van der Waals surface area contributed by atoms with Crippen LogP contribution in [0.5, 0.6) is 5.75 Å². The van der Waals surface area contributed by atoms with Crippen molar-refractivity contribution in [3.05, 3.63) is 89.1 Å². The highest BCUT2D eigenvalue weighted by molar-refractivity contribution is 5.86. The van der Waals surface area contributed by atoms with Crippen molar-refractivity contribution in [2.24, 2.45) is 0 Å². The number of hydrogen-bond donors (Lipinski definition) is 0. The highest BCUT2D eigenvalue weighted by atomic mass is 16.5. The molecule has 0 spiro atoms. The summed E-state index contributed by atoms with van der Waals surface area (Å²) in [5.74, 6) is 0.799. The third-order valence-electron chi connectivity index (χ3n) is 5.33. The van der Waals surface area contributed by atoms with Crippen molar-refractivity contribution in [2.75, 3.05) is 7.11 Å². The molecule has 6 nitrogen and oxygen atoms in total. The Morgan fingerprint density at radius 2 is 1.77 bits per heavy atom. The first-order valence-corrected chi connectivity index (χ1v) is 9.83. The molecule has 0 unspecified atom stereocenters. The van der Waals surface area contributed by atoms with Gasteiger partial charge in [0.2, 0.25) is 0 Å². The number of hydrogen-bond acceptors (Lipinski definition) is 4. The van der Waals surface area contributed by atoms with Crippen LogP contribution in [-0.4, -0.2) is 26.3 Å². The van der Waals surface area contributed by atoms with Crippen molar-refractivity contribution in [3.63, 3.8) is 0 Å². The number of methoxy groups -OCH3 is 1. The standard InChI is InChI=1S/C24H20N4O2/c1-3-20-22(16-9-11-18(30-2)12-10-16)23-25-15-19-21(28(23)26-20)13-14-27(24(19)29)17-7-5-4-6-8-17/h4-15H,3H2,1-2H3. The molecule has 3 heterocycles. The second-order valence-corrected chi connectivity index (χ2v) is 7.02. The van der Waals surface area contributed by atoms with Gasteiger partial charge in [-0.25, -0.2) is 9.50 Å². The van der Waals surface area contributed by atoms with Crippen molar-refractivity contribution in [1.82, 2.24) is 19.2 Å². The number of fused-ring (bicyclic) bond motifs is 3. The van der Waals surface area contributed by atoms with Crippen LogP contribution in [0.4, 0.5) is 0 Å². The number of aryl methyl sites for hydroxylation is 1. The molecule has 30 heavy (non-hydrogen) atoms. The number of pyridine rings is 1. The van der Waals surface area contributed by atoms with E-state index in [4.69, 9.17) is 9.84 Å². The zero-order valence-corrected chi connectivity index (χ0v) is 16.7. The SMILES string of the molecule is CCc1nn2c(ncc3c(=O)n(-c4ccccc4)ccc32)c1-c1ccc(OC)cc1. The molecule has 3 aromatic heterocycles. The van der Waals surface area contributed by atoms with Crippen LogP contribution in [0.3, 0.4) is 0 Å². The summed E-state index contributed by atoms with van der Waals surface area (Å²) in [5.41, 5.74) is 5.12. The van der Waals surface area contributed by atoms with Crippen LogP contribution < -0.4 is 10.3 Å². The second kappa shape index (κ2) is 7.15.